The standard InChI is InChI=1S/C11H22N2O2/c1-7-3-8(2)5-9(4-7)13-6-10(14)11(12)15/h7-10,13-14H,3-6H2,1-2H3,(H2,12,15). The Labute approximate surface area is 91.2 Å². The van der Waals surface area contributed by atoms with E-state index in [1.54, 1.807) is 0 Å². The molecule has 0 aromatic carbocycles. The van der Waals surface area contributed by atoms with Gasteiger partial charge in [-0.25, -0.2) is 0 Å². The molecule has 0 heterocycles. The lowest BCUT2D eigenvalue weighted by Crippen LogP contribution is -2.44. The molecule has 88 valence electrons. The summed E-state index contributed by atoms with van der Waals surface area (Å²) in [6, 6.07) is 0.415. The van der Waals surface area contributed by atoms with Crippen LogP contribution in [-0.4, -0.2) is 29.7 Å². The average Bonchev–Trinajstić information content (AvgIpc) is 2.12. The molecule has 15 heavy (non-hydrogen) atoms. The van der Waals surface area contributed by atoms with Crippen LogP contribution < -0.4 is 11.1 Å². The molecule has 0 aliphatic heterocycles. The topological polar surface area (TPSA) is 75.3 Å². The van der Waals surface area contributed by atoms with E-state index in [2.05, 4.69) is 19.2 Å². The van der Waals surface area contributed by atoms with Gasteiger partial charge in [-0.1, -0.05) is 13.8 Å². The minimum absolute atomic E-state index is 0.277. The van der Waals surface area contributed by atoms with Crippen molar-refractivity contribution in [2.45, 2.75) is 45.3 Å². The monoisotopic (exact) mass is 214 g/mol. The molecule has 1 fully saturated rings. The van der Waals surface area contributed by atoms with Crippen LogP contribution in [0.5, 0.6) is 0 Å². The summed E-state index contributed by atoms with van der Waals surface area (Å²) in [5.74, 6) is 0.786. The minimum atomic E-state index is -1.06. The highest BCUT2D eigenvalue weighted by molar-refractivity contribution is 5.78. The largest absolute Gasteiger partial charge is 0.382 e. The van der Waals surface area contributed by atoms with Gasteiger partial charge in [0.2, 0.25) is 5.91 Å². The Morgan fingerprint density at radius 3 is 2.40 bits per heavy atom. The molecule has 0 aromatic heterocycles. The van der Waals surface area contributed by atoms with Gasteiger partial charge in [0.15, 0.2) is 0 Å². The van der Waals surface area contributed by atoms with Crippen molar-refractivity contribution >= 4 is 5.91 Å². The van der Waals surface area contributed by atoms with Crippen LogP contribution in [0.2, 0.25) is 0 Å². The van der Waals surface area contributed by atoms with Gasteiger partial charge in [-0.05, 0) is 31.1 Å². The molecule has 4 nitrogen and oxygen atoms in total. The summed E-state index contributed by atoms with van der Waals surface area (Å²) in [6.07, 6.45) is 2.46. The molecule has 1 rings (SSSR count). The van der Waals surface area contributed by atoms with Crippen molar-refractivity contribution < 1.29 is 9.90 Å². The first-order valence-corrected chi connectivity index (χ1v) is 5.69. The molecular weight excluding hydrogens is 192 g/mol. The van der Waals surface area contributed by atoms with Crippen molar-refractivity contribution in [3.05, 3.63) is 0 Å². The minimum Gasteiger partial charge on any atom is -0.382 e. The third-order valence-electron chi connectivity index (χ3n) is 3.11. The van der Waals surface area contributed by atoms with Crippen LogP contribution in [-0.2, 0) is 4.79 Å². The van der Waals surface area contributed by atoms with Crippen molar-refractivity contribution in [2.75, 3.05) is 6.54 Å². The zero-order valence-electron chi connectivity index (χ0n) is 9.57. The summed E-state index contributed by atoms with van der Waals surface area (Å²) in [4.78, 5) is 10.6. The summed E-state index contributed by atoms with van der Waals surface area (Å²) in [5, 5.41) is 12.5. The maximum atomic E-state index is 10.6. The highest BCUT2D eigenvalue weighted by Crippen LogP contribution is 2.28. The van der Waals surface area contributed by atoms with Crippen LogP contribution in [0.3, 0.4) is 0 Å². The predicted molar refractivity (Wildman–Crippen MR) is 59.2 cm³/mol. The number of carbonyl (C=O) groups is 1. The third-order valence-corrected chi connectivity index (χ3v) is 3.11. The molecule has 3 unspecified atom stereocenters. The summed E-state index contributed by atoms with van der Waals surface area (Å²) >= 11 is 0. The fourth-order valence-electron chi connectivity index (χ4n) is 2.49. The number of primary amides is 1. The van der Waals surface area contributed by atoms with E-state index in [1.165, 1.54) is 6.42 Å². The second-order valence-electron chi connectivity index (χ2n) is 4.94. The van der Waals surface area contributed by atoms with Crippen LogP contribution in [0, 0.1) is 11.8 Å². The van der Waals surface area contributed by atoms with Gasteiger partial charge in [-0.2, -0.15) is 0 Å². The first-order valence-electron chi connectivity index (χ1n) is 5.69. The Kier molecular flexibility index (Phi) is 4.54. The van der Waals surface area contributed by atoms with Gasteiger partial charge in [-0.3, -0.25) is 4.79 Å². The van der Waals surface area contributed by atoms with Gasteiger partial charge in [0.25, 0.3) is 0 Å². The predicted octanol–water partition coefficient (Wildman–Crippen LogP) is 0.247. The number of aliphatic hydroxyl groups is 1. The summed E-state index contributed by atoms with van der Waals surface area (Å²) < 4.78 is 0. The first-order chi connectivity index (χ1) is 6.99. The number of hydrogen-bond acceptors (Lipinski definition) is 3. The van der Waals surface area contributed by atoms with Crippen LogP contribution in [0.15, 0.2) is 0 Å². The third kappa shape index (κ3) is 4.18. The van der Waals surface area contributed by atoms with E-state index in [-0.39, 0.29) is 6.54 Å². The lowest BCUT2D eigenvalue weighted by atomic mass is 9.80. The number of hydrogen-bond donors (Lipinski definition) is 3. The number of aliphatic hydroxyl groups excluding tert-OH is 1. The van der Waals surface area contributed by atoms with E-state index in [0.717, 1.165) is 24.7 Å². The molecule has 1 aliphatic carbocycles. The molecule has 0 radical (unpaired) electrons. The molecular formula is C11H22N2O2. The highest BCUT2D eigenvalue weighted by atomic mass is 16.3. The van der Waals surface area contributed by atoms with Crippen LogP contribution >= 0.6 is 0 Å². The van der Waals surface area contributed by atoms with Crippen molar-refractivity contribution in [3.63, 3.8) is 0 Å². The number of carbonyl (C=O) groups excluding carboxylic acids is 1. The summed E-state index contributed by atoms with van der Waals surface area (Å²) in [5.41, 5.74) is 4.98. The van der Waals surface area contributed by atoms with E-state index in [0.29, 0.717) is 6.04 Å². The Morgan fingerprint density at radius 2 is 1.93 bits per heavy atom. The van der Waals surface area contributed by atoms with Crippen molar-refractivity contribution in [1.82, 2.24) is 5.32 Å². The van der Waals surface area contributed by atoms with E-state index in [9.17, 15) is 9.90 Å². The Balaban J connectivity index is 2.29. The maximum Gasteiger partial charge on any atom is 0.247 e. The molecule has 1 aliphatic rings. The van der Waals surface area contributed by atoms with Crippen LogP contribution in [0.4, 0.5) is 0 Å². The smallest absolute Gasteiger partial charge is 0.247 e. The second kappa shape index (κ2) is 5.47. The fourth-order valence-corrected chi connectivity index (χ4v) is 2.49. The Morgan fingerprint density at radius 1 is 1.40 bits per heavy atom. The van der Waals surface area contributed by atoms with Crippen molar-refractivity contribution in [2.24, 2.45) is 17.6 Å². The zero-order chi connectivity index (χ0) is 11.4. The molecule has 0 spiro atoms. The quantitative estimate of drug-likeness (QED) is 0.628. The molecule has 4 N–H and O–H groups in total. The van der Waals surface area contributed by atoms with Crippen LogP contribution in [0.1, 0.15) is 33.1 Å². The fraction of sp³-hybridized carbons (Fsp3) is 0.909. The van der Waals surface area contributed by atoms with E-state index < -0.39 is 12.0 Å². The SMILES string of the molecule is CC1CC(C)CC(NCC(O)C(N)=O)C1. The van der Waals surface area contributed by atoms with Gasteiger partial charge in [-0.15, -0.1) is 0 Å². The molecule has 1 amide bonds. The molecule has 0 saturated heterocycles. The maximum absolute atomic E-state index is 10.6. The Hall–Kier alpha value is -0.610. The van der Waals surface area contributed by atoms with Gasteiger partial charge in [0.1, 0.15) is 6.10 Å². The summed E-state index contributed by atoms with van der Waals surface area (Å²) in [6.45, 7) is 4.77. The van der Waals surface area contributed by atoms with Crippen molar-refractivity contribution in [3.8, 4) is 0 Å². The van der Waals surface area contributed by atoms with Gasteiger partial charge in [0.05, 0.1) is 0 Å². The van der Waals surface area contributed by atoms with E-state index in [4.69, 9.17) is 5.73 Å². The van der Waals surface area contributed by atoms with Gasteiger partial charge >= 0.3 is 0 Å². The zero-order valence-corrected chi connectivity index (χ0v) is 9.57. The van der Waals surface area contributed by atoms with Crippen molar-refractivity contribution in [1.29, 1.82) is 0 Å². The van der Waals surface area contributed by atoms with Gasteiger partial charge < -0.3 is 16.2 Å². The molecule has 4 heteroatoms. The number of rotatable bonds is 4. The number of amides is 1. The first kappa shape index (κ1) is 12.5. The van der Waals surface area contributed by atoms with E-state index in [1.807, 2.05) is 0 Å². The molecule has 0 aromatic rings. The van der Waals surface area contributed by atoms with Gasteiger partial charge in [0, 0.05) is 12.6 Å². The lowest BCUT2D eigenvalue weighted by molar-refractivity contribution is -0.125. The average molecular weight is 214 g/mol. The lowest BCUT2D eigenvalue weighted by Gasteiger charge is -2.32. The van der Waals surface area contributed by atoms with Crippen LogP contribution in [0.25, 0.3) is 0 Å². The number of nitrogens with two attached hydrogens (primary N) is 1. The highest BCUT2D eigenvalue weighted by Gasteiger charge is 2.24. The number of nitrogens with one attached hydrogen (secondary N) is 1. The Bertz CT molecular complexity index is 211. The molecule has 3 atom stereocenters. The molecule has 1 saturated carbocycles. The summed E-state index contributed by atoms with van der Waals surface area (Å²) in [7, 11) is 0. The molecule has 0 bridgehead atoms. The second-order valence-corrected chi connectivity index (χ2v) is 4.94. The normalized spacial score (nSPS) is 33.7. The van der Waals surface area contributed by atoms with E-state index >= 15 is 0 Å².